The SMILES string of the molecule is O=C(Nc1cccc(-c2ccccn2)c1)c1ccc2cccnc2c1. The minimum absolute atomic E-state index is 0.161. The number of nitrogens with one attached hydrogen (secondary N) is 1. The molecule has 25 heavy (non-hydrogen) atoms. The number of pyridine rings is 2. The second-order valence-electron chi connectivity index (χ2n) is 5.66. The van der Waals surface area contributed by atoms with E-state index in [1.165, 1.54) is 0 Å². The maximum Gasteiger partial charge on any atom is 0.255 e. The first kappa shape index (κ1) is 15.0. The Morgan fingerprint density at radius 3 is 2.60 bits per heavy atom. The van der Waals surface area contributed by atoms with Gasteiger partial charge in [0, 0.05) is 34.6 Å². The van der Waals surface area contributed by atoms with Crippen molar-refractivity contribution < 1.29 is 4.79 Å². The quantitative estimate of drug-likeness (QED) is 0.601. The van der Waals surface area contributed by atoms with Gasteiger partial charge in [0.25, 0.3) is 5.91 Å². The highest BCUT2D eigenvalue weighted by atomic mass is 16.1. The normalized spacial score (nSPS) is 10.6. The van der Waals surface area contributed by atoms with Gasteiger partial charge in [0.1, 0.15) is 0 Å². The van der Waals surface area contributed by atoms with Gasteiger partial charge in [-0.3, -0.25) is 14.8 Å². The van der Waals surface area contributed by atoms with E-state index in [9.17, 15) is 4.79 Å². The van der Waals surface area contributed by atoms with Crippen LogP contribution in [-0.4, -0.2) is 15.9 Å². The predicted molar refractivity (Wildman–Crippen MR) is 99.4 cm³/mol. The molecule has 2 aromatic carbocycles. The van der Waals surface area contributed by atoms with Gasteiger partial charge in [0.15, 0.2) is 0 Å². The molecule has 0 aliphatic heterocycles. The van der Waals surface area contributed by atoms with Crippen molar-refractivity contribution in [2.24, 2.45) is 0 Å². The van der Waals surface area contributed by atoms with E-state index in [0.29, 0.717) is 5.56 Å². The highest BCUT2D eigenvalue weighted by Gasteiger charge is 2.08. The summed E-state index contributed by atoms with van der Waals surface area (Å²) in [6.45, 7) is 0. The van der Waals surface area contributed by atoms with E-state index in [2.05, 4.69) is 15.3 Å². The molecule has 0 aliphatic rings. The zero-order valence-electron chi connectivity index (χ0n) is 13.4. The van der Waals surface area contributed by atoms with Crippen molar-refractivity contribution in [1.82, 2.24) is 9.97 Å². The van der Waals surface area contributed by atoms with Crippen molar-refractivity contribution in [2.75, 3.05) is 5.32 Å². The molecule has 2 heterocycles. The van der Waals surface area contributed by atoms with Crippen LogP contribution in [0, 0.1) is 0 Å². The number of aromatic nitrogens is 2. The first-order valence-corrected chi connectivity index (χ1v) is 7.97. The molecule has 0 radical (unpaired) electrons. The third kappa shape index (κ3) is 3.23. The number of carbonyl (C=O) groups excluding carboxylic acids is 1. The Balaban J connectivity index is 1.60. The third-order valence-corrected chi connectivity index (χ3v) is 3.95. The molecular weight excluding hydrogens is 310 g/mol. The monoisotopic (exact) mass is 325 g/mol. The van der Waals surface area contributed by atoms with Crippen molar-refractivity contribution >= 4 is 22.5 Å². The lowest BCUT2D eigenvalue weighted by atomic mass is 10.1. The number of carbonyl (C=O) groups is 1. The zero-order chi connectivity index (χ0) is 17.1. The molecule has 1 N–H and O–H groups in total. The maximum atomic E-state index is 12.6. The number of benzene rings is 2. The van der Waals surface area contributed by atoms with Crippen LogP contribution in [0.15, 0.2) is 85.2 Å². The summed E-state index contributed by atoms with van der Waals surface area (Å²) in [6.07, 6.45) is 3.48. The second kappa shape index (κ2) is 6.53. The van der Waals surface area contributed by atoms with Crippen LogP contribution in [0.3, 0.4) is 0 Å². The Morgan fingerprint density at radius 1 is 0.800 bits per heavy atom. The molecule has 0 unspecified atom stereocenters. The van der Waals surface area contributed by atoms with Gasteiger partial charge in [-0.2, -0.15) is 0 Å². The molecular formula is C21H15N3O. The summed E-state index contributed by atoms with van der Waals surface area (Å²) >= 11 is 0. The summed E-state index contributed by atoms with van der Waals surface area (Å²) in [5.74, 6) is -0.161. The highest BCUT2D eigenvalue weighted by Crippen LogP contribution is 2.21. The Kier molecular flexibility index (Phi) is 3.92. The minimum Gasteiger partial charge on any atom is -0.322 e. The van der Waals surface area contributed by atoms with E-state index in [4.69, 9.17) is 0 Å². The standard InChI is InChI=1S/C21H15N3O/c25-21(17-10-9-15-6-4-12-23-20(15)14-17)24-18-7-3-5-16(13-18)19-8-1-2-11-22-19/h1-14H,(H,24,25). The number of fused-ring (bicyclic) bond motifs is 1. The lowest BCUT2D eigenvalue weighted by molar-refractivity contribution is 0.102. The van der Waals surface area contributed by atoms with Crippen LogP contribution in [-0.2, 0) is 0 Å². The topological polar surface area (TPSA) is 54.9 Å². The Labute approximate surface area is 145 Å². The van der Waals surface area contributed by atoms with Gasteiger partial charge in [-0.15, -0.1) is 0 Å². The zero-order valence-corrected chi connectivity index (χ0v) is 13.4. The van der Waals surface area contributed by atoms with Crippen molar-refractivity contribution in [2.45, 2.75) is 0 Å². The fourth-order valence-electron chi connectivity index (χ4n) is 2.70. The number of nitrogens with zero attached hydrogens (tertiary/aromatic N) is 2. The lowest BCUT2D eigenvalue weighted by Crippen LogP contribution is -2.11. The highest BCUT2D eigenvalue weighted by molar-refractivity contribution is 6.06. The number of amides is 1. The van der Waals surface area contributed by atoms with Crippen molar-refractivity contribution in [3.63, 3.8) is 0 Å². The van der Waals surface area contributed by atoms with E-state index in [1.807, 2.05) is 66.7 Å². The first-order chi connectivity index (χ1) is 12.3. The van der Waals surface area contributed by atoms with Crippen LogP contribution in [0.1, 0.15) is 10.4 Å². The molecule has 4 heteroatoms. The van der Waals surface area contributed by atoms with Crippen molar-refractivity contribution in [3.05, 3.63) is 90.8 Å². The van der Waals surface area contributed by atoms with Gasteiger partial charge in [-0.05, 0) is 42.5 Å². The molecule has 0 saturated heterocycles. The molecule has 120 valence electrons. The van der Waals surface area contributed by atoms with Gasteiger partial charge in [0.2, 0.25) is 0 Å². The van der Waals surface area contributed by atoms with Crippen LogP contribution < -0.4 is 5.32 Å². The fraction of sp³-hybridized carbons (Fsp3) is 0. The van der Waals surface area contributed by atoms with Crippen LogP contribution >= 0.6 is 0 Å². The summed E-state index contributed by atoms with van der Waals surface area (Å²) in [5.41, 5.74) is 3.94. The Bertz CT molecular complexity index is 1040. The molecule has 4 nitrogen and oxygen atoms in total. The van der Waals surface area contributed by atoms with Crippen LogP contribution in [0.4, 0.5) is 5.69 Å². The molecule has 1 amide bonds. The molecule has 0 spiro atoms. The largest absolute Gasteiger partial charge is 0.322 e. The van der Waals surface area contributed by atoms with E-state index in [-0.39, 0.29) is 5.91 Å². The summed E-state index contributed by atoms with van der Waals surface area (Å²) in [4.78, 5) is 21.2. The van der Waals surface area contributed by atoms with Crippen LogP contribution in [0.2, 0.25) is 0 Å². The van der Waals surface area contributed by atoms with E-state index >= 15 is 0 Å². The van der Waals surface area contributed by atoms with E-state index in [0.717, 1.165) is 27.8 Å². The van der Waals surface area contributed by atoms with Gasteiger partial charge in [-0.25, -0.2) is 0 Å². The number of rotatable bonds is 3. The first-order valence-electron chi connectivity index (χ1n) is 7.97. The number of anilines is 1. The molecule has 4 aromatic rings. The van der Waals surface area contributed by atoms with Crippen LogP contribution in [0.25, 0.3) is 22.2 Å². The number of hydrogen-bond donors (Lipinski definition) is 1. The van der Waals surface area contributed by atoms with E-state index in [1.54, 1.807) is 18.5 Å². The van der Waals surface area contributed by atoms with Gasteiger partial charge < -0.3 is 5.32 Å². The van der Waals surface area contributed by atoms with Crippen molar-refractivity contribution in [1.29, 1.82) is 0 Å². The molecule has 0 atom stereocenters. The predicted octanol–water partition coefficient (Wildman–Crippen LogP) is 4.55. The van der Waals surface area contributed by atoms with Crippen LogP contribution in [0.5, 0.6) is 0 Å². The van der Waals surface area contributed by atoms with Gasteiger partial charge >= 0.3 is 0 Å². The molecule has 2 aromatic heterocycles. The molecule has 0 fully saturated rings. The van der Waals surface area contributed by atoms with Gasteiger partial charge in [-0.1, -0.05) is 30.3 Å². The average Bonchev–Trinajstić information content (AvgIpc) is 2.68. The molecule has 0 saturated carbocycles. The third-order valence-electron chi connectivity index (χ3n) is 3.95. The summed E-state index contributed by atoms with van der Waals surface area (Å²) in [5, 5.41) is 3.95. The Hall–Kier alpha value is -3.53. The minimum atomic E-state index is -0.161. The second-order valence-corrected chi connectivity index (χ2v) is 5.66. The number of hydrogen-bond acceptors (Lipinski definition) is 3. The summed E-state index contributed by atoms with van der Waals surface area (Å²) in [6, 6.07) is 22.8. The maximum absolute atomic E-state index is 12.6. The lowest BCUT2D eigenvalue weighted by Gasteiger charge is -2.08. The summed E-state index contributed by atoms with van der Waals surface area (Å²) in [7, 11) is 0. The van der Waals surface area contributed by atoms with Gasteiger partial charge in [0.05, 0.1) is 11.2 Å². The smallest absolute Gasteiger partial charge is 0.255 e. The summed E-state index contributed by atoms with van der Waals surface area (Å²) < 4.78 is 0. The van der Waals surface area contributed by atoms with E-state index < -0.39 is 0 Å². The fourth-order valence-corrected chi connectivity index (χ4v) is 2.70. The van der Waals surface area contributed by atoms with Crippen molar-refractivity contribution in [3.8, 4) is 11.3 Å². The average molecular weight is 325 g/mol. The molecule has 0 aliphatic carbocycles. The molecule has 4 rings (SSSR count). The Morgan fingerprint density at radius 2 is 1.72 bits per heavy atom. The molecule has 0 bridgehead atoms.